The number of unbranched alkanes of at least 4 members (excludes halogenated alkanes) is 11. The predicted octanol–water partition coefficient (Wildman–Crippen LogP) is 7.01. The molecule has 0 aliphatic heterocycles. The molecule has 1 unspecified atom stereocenters. The highest BCUT2D eigenvalue weighted by Crippen LogP contribution is 2.35. The lowest BCUT2D eigenvalue weighted by molar-refractivity contribution is -0.144. The molecule has 5 heteroatoms. The topological polar surface area (TPSA) is 87.0 Å². The monoisotopic (exact) mass is 436 g/mol. The molecule has 0 aliphatic rings. The zero-order chi connectivity index (χ0) is 22.9. The van der Waals surface area contributed by atoms with Crippen LogP contribution in [0.5, 0.6) is 17.2 Å². The van der Waals surface area contributed by atoms with Crippen LogP contribution in [-0.4, -0.2) is 27.9 Å². The minimum atomic E-state index is -0.578. The number of phenolic OH excluding ortho intramolecular Hbond substituents is 3. The number of hydrogen-bond donors (Lipinski definition) is 3. The summed E-state index contributed by atoms with van der Waals surface area (Å²) in [5, 5.41) is 28.4. The summed E-state index contributed by atoms with van der Waals surface area (Å²) in [6, 6.07) is 2.53. The maximum absolute atomic E-state index is 12.1. The number of phenols is 3. The van der Waals surface area contributed by atoms with Gasteiger partial charge in [-0.3, -0.25) is 4.79 Å². The van der Waals surface area contributed by atoms with Gasteiger partial charge in [0.15, 0.2) is 17.2 Å². The van der Waals surface area contributed by atoms with Crippen LogP contribution in [0.1, 0.15) is 109 Å². The van der Waals surface area contributed by atoms with E-state index in [4.69, 9.17) is 4.74 Å². The summed E-state index contributed by atoms with van der Waals surface area (Å²) in [6.07, 6.45) is 18.0. The summed E-state index contributed by atoms with van der Waals surface area (Å²) in [7, 11) is 0. The molecule has 1 atom stereocenters. The van der Waals surface area contributed by atoms with E-state index >= 15 is 0 Å². The molecule has 0 aliphatic carbocycles. The van der Waals surface area contributed by atoms with Gasteiger partial charge in [0.25, 0.3) is 0 Å². The Morgan fingerprint density at radius 1 is 0.806 bits per heavy atom. The third-order valence-corrected chi connectivity index (χ3v) is 6.00. The van der Waals surface area contributed by atoms with Crippen molar-refractivity contribution in [2.45, 2.75) is 110 Å². The fourth-order valence-electron chi connectivity index (χ4n) is 3.87. The van der Waals surface area contributed by atoms with E-state index in [1.807, 2.05) is 0 Å². The van der Waals surface area contributed by atoms with Gasteiger partial charge in [-0.05, 0) is 30.0 Å². The van der Waals surface area contributed by atoms with Crippen LogP contribution in [0.15, 0.2) is 12.1 Å². The average molecular weight is 437 g/mol. The fourth-order valence-corrected chi connectivity index (χ4v) is 3.87. The van der Waals surface area contributed by atoms with Gasteiger partial charge in [0.1, 0.15) is 0 Å². The van der Waals surface area contributed by atoms with Gasteiger partial charge < -0.3 is 20.1 Å². The lowest BCUT2D eigenvalue weighted by Gasteiger charge is -2.15. The number of carbonyl (C=O) groups is 1. The Bertz CT molecular complexity index is 591. The van der Waals surface area contributed by atoms with Gasteiger partial charge in [0.05, 0.1) is 13.0 Å². The molecule has 1 rings (SSSR count). The second-order valence-electron chi connectivity index (χ2n) is 8.79. The number of carbonyl (C=O) groups excluding carboxylic acids is 1. The Morgan fingerprint density at radius 2 is 1.29 bits per heavy atom. The van der Waals surface area contributed by atoms with E-state index in [1.165, 1.54) is 89.2 Å². The van der Waals surface area contributed by atoms with E-state index in [9.17, 15) is 20.1 Å². The lowest BCUT2D eigenvalue weighted by atomic mass is 9.98. The number of aromatic hydroxyl groups is 3. The molecular weight excluding hydrogens is 392 g/mol. The van der Waals surface area contributed by atoms with E-state index in [0.717, 1.165) is 12.8 Å². The summed E-state index contributed by atoms with van der Waals surface area (Å²) >= 11 is 0. The van der Waals surface area contributed by atoms with Crippen LogP contribution in [0.2, 0.25) is 0 Å². The molecule has 0 fully saturated rings. The number of benzene rings is 1. The molecule has 1 aromatic rings. The second kappa shape index (κ2) is 16.7. The molecule has 5 nitrogen and oxygen atoms in total. The average Bonchev–Trinajstić information content (AvgIpc) is 2.74. The van der Waals surface area contributed by atoms with Crippen LogP contribution < -0.4 is 0 Å². The molecule has 1 aromatic carbocycles. The van der Waals surface area contributed by atoms with Crippen LogP contribution in [0.25, 0.3) is 0 Å². The molecule has 0 bridgehead atoms. The Kier molecular flexibility index (Phi) is 14.6. The summed E-state index contributed by atoms with van der Waals surface area (Å²) < 4.78 is 5.40. The van der Waals surface area contributed by atoms with Crippen molar-refractivity contribution in [3.63, 3.8) is 0 Å². The van der Waals surface area contributed by atoms with Crippen LogP contribution >= 0.6 is 0 Å². The maximum atomic E-state index is 12.1. The predicted molar refractivity (Wildman–Crippen MR) is 126 cm³/mol. The minimum absolute atomic E-state index is 0.0452. The van der Waals surface area contributed by atoms with Gasteiger partial charge in [-0.25, -0.2) is 0 Å². The van der Waals surface area contributed by atoms with Crippen molar-refractivity contribution in [3.05, 3.63) is 17.7 Å². The maximum Gasteiger partial charge on any atom is 0.310 e. The lowest BCUT2D eigenvalue weighted by Crippen LogP contribution is -2.15. The molecule has 31 heavy (non-hydrogen) atoms. The number of esters is 1. The van der Waals surface area contributed by atoms with Crippen molar-refractivity contribution in [1.29, 1.82) is 0 Å². The van der Waals surface area contributed by atoms with Gasteiger partial charge in [0.2, 0.25) is 0 Å². The quantitative estimate of drug-likeness (QED) is 0.131. The van der Waals surface area contributed by atoms with Crippen molar-refractivity contribution in [1.82, 2.24) is 0 Å². The molecule has 0 saturated heterocycles. The first kappa shape index (κ1) is 27.1. The third kappa shape index (κ3) is 12.5. The van der Waals surface area contributed by atoms with E-state index in [0.29, 0.717) is 18.1 Å². The first-order chi connectivity index (χ1) is 15.0. The summed E-state index contributed by atoms with van der Waals surface area (Å²) in [4.78, 5) is 12.1. The third-order valence-electron chi connectivity index (χ3n) is 6.00. The van der Waals surface area contributed by atoms with Crippen molar-refractivity contribution in [3.8, 4) is 17.2 Å². The Balaban J connectivity index is 2.08. The van der Waals surface area contributed by atoms with Gasteiger partial charge >= 0.3 is 5.97 Å². The minimum Gasteiger partial charge on any atom is -0.504 e. The van der Waals surface area contributed by atoms with Gasteiger partial charge in [-0.15, -0.1) is 0 Å². The number of ether oxygens (including phenoxy) is 1. The zero-order valence-electron chi connectivity index (χ0n) is 19.7. The Morgan fingerprint density at radius 3 is 1.77 bits per heavy atom. The molecule has 3 N–H and O–H groups in total. The number of rotatable bonds is 18. The van der Waals surface area contributed by atoms with E-state index in [2.05, 4.69) is 13.8 Å². The highest BCUT2D eigenvalue weighted by Gasteiger charge is 2.14. The first-order valence-electron chi connectivity index (χ1n) is 12.4. The molecule has 0 saturated carbocycles. The van der Waals surface area contributed by atoms with Gasteiger partial charge in [-0.1, -0.05) is 97.3 Å². The highest BCUT2D eigenvalue weighted by molar-refractivity contribution is 5.73. The molecule has 0 radical (unpaired) electrons. The van der Waals surface area contributed by atoms with Crippen molar-refractivity contribution in [2.75, 3.05) is 6.61 Å². The van der Waals surface area contributed by atoms with E-state index in [-0.39, 0.29) is 6.42 Å². The second-order valence-corrected chi connectivity index (χ2v) is 8.79. The standard InChI is InChI=1S/C26H44O5/c1-3-5-6-7-8-9-10-11-12-13-14-15-16-21(4-2)20-31-25(29)19-22-17-23(27)26(30)24(28)18-22/h17-18,21,27-28,30H,3-16,19-20H2,1-2H3. The van der Waals surface area contributed by atoms with Crippen LogP contribution in [-0.2, 0) is 16.0 Å². The normalized spacial score (nSPS) is 12.1. The molecule has 0 spiro atoms. The Hall–Kier alpha value is -1.91. The summed E-state index contributed by atoms with van der Waals surface area (Å²) in [6.45, 7) is 4.79. The zero-order valence-corrected chi connectivity index (χ0v) is 19.7. The molecule has 0 aromatic heterocycles. The molecule has 0 heterocycles. The molecule has 0 amide bonds. The Labute approximate surface area is 188 Å². The van der Waals surface area contributed by atoms with Crippen LogP contribution in [0, 0.1) is 5.92 Å². The molecular formula is C26H44O5. The smallest absolute Gasteiger partial charge is 0.310 e. The van der Waals surface area contributed by atoms with Crippen molar-refractivity contribution < 1.29 is 24.9 Å². The number of hydrogen-bond acceptors (Lipinski definition) is 5. The van der Waals surface area contributed by atoms with Gasteiger partial charge in [-0.2, -0.15) is 0 Å². The first-order valence-corrected chi connectivity index (χ1v) is 12.4. The van der Waals surface area contributed by atoms with Crippen molar-refractivity contribution >= 4 is 5.97 Å². The molecule has 178 valence electrons. The summed E-state index contributed by atoms with van der Waals surface area (Å²) in [5.74, 6) is -1.49. The van der Waals surface area contributed by atoms with E-state index < -0.39 is 23.2 Å². The van der Waals surface area contributed by atoms with Crippen LogP contribution in [0.4, 0.5) is 0 Å². The summed E-state index contributed by atoms with van der Waals surface area (Å²) in [5.41, 5.74) is 0.409. The highest BCUT2D eigenvalue weighted by atomic mass is 16.5. The van der Waals surface area contributed by atoms with Crippen molar-refractivity contribution in [2.24, 2.45) is 5.92 Å². The SMILES string of the molecule is CCCCCCCCCCCCCCC(CC)COC(=O)Cc1cc(O)c(O)c(O)c1. The van der Waals surface area contributed by atoms with E-state index in [1.54, 1.807) is 0 Å². The van der Waals surface area contributed by atoms with Crippen LogP contribution in [0.3, 0.4) is 0 Å². The largest absolute Gasteiger partial charge is 0.504 e. The fraction of sp³-hybridized carbons (Fsp3) is 0.731. The van der Waals surface area contributed by atoms with Gasteiger partial charge in [0, 0.05) is 0 Å².